The van der Waals surface area contributed by atoms with Crippen LogP contribution in [0.25, 0.3) is 11.6 Å². The van der Waals surface area contributed by atoms with E-state index in [0.717, 1.165) is 16.8 Å². The summed E-state index contributed by atoms with van der Waals surface area (Å²) in [6, 6.07) is 10.4. The smallest absolute Gasteiger partial charge is 0.235 e. The molecule has 1 aliphatic heterocycles. The first kappa shape index (κ1) is 19.2. The number of carbonyl (C=O) groups is 1. The van der Waals surface area contributed by atoms with E-state index in [1.165, 1.54) is 6.07 Å². The summed E-state index contributed by atoms with van der Waals surface area (Å²) >= 11 is 6.14. The first-order valence-corrected chi connectivity index (χ1v) is 9.16. The topological polar surface area (TPSA) is 38.3 Å². The predicted octanol–water partition coefficient (Wildman–Crippen LogP) is 5.70. The van der Waals surface area contributed by atoms with E-state index < -0.39 is 5.92 Å². The van der Waals surface area contributed by atoms with Gasteiger partial charge in [0.05, 0.1) is 17.5 Å². The Hall–Kier alpha value is -2.59. The first-order valence-electron chi connectivity index (χ1n) is 8.78. The third-order valence-corrected chi connectivity index (χ3v) is 4.91. The average molecular weight is 386 g/mol. The monoisotopic (exact) mass is 385 g/mol. The highest BCUT2D eigenvalue weighted by Gasteiger charge is 2.29. The van der Waals surface area contributed by atoms with Crippen LogP contribution in [0.5, 0.6) is 0 Å². The van der Waals surface area contributed by atoms with Gasteiger partial charge >= 0.3 is 0 Å². The minimum atomic E-state index is -0.391. The molecule has 0 saturated heterocycles. The Morgan fingerprint density at radius 2 is 2.19 bits per heavy atom. The van der Waals surface area contributed by atoms with E-state index in [1.54, 1.807) is 12.1 Å². The molecule has 1 aliphatic rings. The molecule has 0 fully saturated rings. The number of halogens is 2. The number of carbonyl (C=O) groups excluding carboxylic acids is 1. The van der Waals surface area contributed by atoms with Crippen molar-refractivity contribution in [3.8, 4) is 0 Å². The van der Waals surface area contributed by atoms with Gasteiger partial charge in [-0.2, -0.15) is 0 Å². The molecular formula is C22H21ClFNO2. The van der Waals surface area contributed by atoms with Gasteiger partial charge in [0.2, 0.25) is 5.91 Å². The highest BCUT2D eigenvalue weighted by Crippen LogP contribution is 2.32. The van der Waals surface area contributed by atoms with Crippen LogP contribution >= 0.6 is 11.6 Å². The Morgan fingerprint density at radius 3 is 2.89 bits per heavy atom. The number of nitrogens with one attached hydrogen (secondary N) is 1. The van der Waals surface area contributed by atoms with Crippen LogP contribution in [0.4, 0.5) is 10.1 Å². The third-order valence-electron chi connectivity index (χ3n) is 4.59. The van der Waals surface area contributed by atoms with Crippen molar-refractivity contribution in [3.63, 3.8) is 0 Å². The molecule has 1 atom stereocenters. The maximum Gasteiger partial charge on any atom is 0.235 e. The SMILES string of the molecule is C=C(OCC)C1Cc2ccc(/C=C(\C)c3c(F)cccc3Cl)cc2NC1=O. The van der Waals surface area contributed by atoms with Gasteiger partial charge in [0.25, 0.3) is 0 Å². The number of amides is 1. The van der Waals surface area contributed by atoms with Crippen molar-refractivity contribution in [3.05, 3.63) is 76.3 Å². The van der Waals surface area contributed by atoms with Gasteiger partial charge in [-0.15, -0.1) is 0 Å². The molecule has 3 nitrogen and oxygen atoms in total. The lowest BCUT2D eigenvalue weighted by molar-refractivity contribution is -0.120. The lowest BCUT2D eigenvalue weighted by Gasteiger charge is -2.26. The molecule has 1 unspecified atom stereocenters. The van der Waals surface area contributed by atoms with Crippen molar-refractivity contribution in [1.82, 2.24) is 0 Å². The van der Waals surface area contributed by atoms with E-state index >= 15 is 0 Å². The van der Waals surface area contributed by atoms with Crippen molar-refractivity contribution >= 4 is 34.8 Å². The molecule has 0 aliphatic carbocycles. The van der Waals surface area contributed by atoms with E-state index in [0.29, 0.717) is 34.9 Å². The summed E-state index contributed by atoms with van der Waals surface area (Å²) in [6.07, 6.45) is 2.39. The van der Waals surface area contributed by atoms with Gasteiger partial charge in [0.1, 0.15) is 11.6 Å². The number of ether oxygens (including phenoxy) is 1. The fourth-order valence-corrected chi connectivity index (χ4v) is 3.57. The van der Waals surface area contributed by atoms with Gasteiger partial charge in [0.15, 0.2) is 0 Å². The lowest BCUT2D eigenvalue weighted by Crippen LogP contribution is -2.31. The Morgan fingerprint density at radius 1 is 1.41 bits per heavy atom. The van der Waals surface area contributed by atoms with Crippen molar-refractivity contribution in [1.29, 1.82) is 0 Å². The minimum absolute atomic E-state index is 0.129. The van der Waals surface area contributed by atoms with Gasteiger partial charge in [-0.25, -0.2) is 4.39 Å². The van der Waals surface area contributed by atoms with Crippen molar-refractivity contribution in [2.45, 2.75) is 20.3 Å². The summed E-state index contributed by atoms with van der Waals surface area (Å²) in [7, 11) is 0. The van der Waals surface area contributed by atoms with E-state index in [-0.39, 0.29) is 11.7 Å². The Bertz CT molecular complexity index is 916. The highest BCUT2D eigenvalue weighted by atomic mass is 35.5. The van der Waals surface area contributed by atoms with E-state index in [9.17, 15) is 9.18 Å². The minimum Gasteiger partial charge on any atom is -0.498 e. The summed E-state index contributed by atoms with van der Waals surface area (Å²) < 4.78 is 19.5. The second-order valence-electron chi connectivity index (χ2n) is 6.49. The molecule has 1 amide bonds. The molecule has 1 heterocycles. The summed E-state index contributed by atoms with van der Waals surface area (Å²) in [5.41, 5.74) is 3.71. The maximum absolute atomic E-state index is 14.1. The molecule has 0 spiro atoms. The fourth-order valence-electron chi connectivity index (χ4n) is 3.25. The largest absolute Gasteiger partial charge is 0.498 e. The number of anilines is 1. The zero-order valence-corrected chi connectivity index (χ0v) is 16.1. The van der Waals surface area contributed by atoms with E-state index in [1.807, 2.05) is 38.1 Å². The van der Waals surface area contributed by atoms with Gasteiger partial charge in [-0.3, -0.25) is 4.79 Å². The van der Waals surface area contributed by atoms with Gasteiger partial charge < -0.3 is 10.1 Å². The van der Waals surface area contributed by atoms with Gasteiger partial charge in [-0.05, 0) is 55.2 Å². The molecule has 0 aromatic heterocycles. The lowest BCUT2D eigenvalue weighted by atomic mass is 9.90. The molecule has 0 bridgehead atoms. The van der Waals surface area contributed by atoms with Crippen LogP contribution in [-0.2, 0) is 16.0 Å². The zero-order valence-electron chi connectivity index (χ0n) is 15.3. The van der Waals surface area contributed by atoms with Crippen LogP contribution in [0.2, 0.25) is 5.02 Å². The van der Waals surface area contributed by atoms with E-state index in [4.69, 9.17) is 16.3 Å². The molecule has 27 heavy (non-hydrogen) atoms. The van der Waals surface area contributed by atoms with Crippen LogP contribution in [0, 0.1) is 11.7 Å². The number of hydrogen-bond acceptors (Lipinski definition) is 2. The number of rotatable bonds is 5. The van der Waals surface area contributed by atoms with Crippen LogP contribution in [0.3, 0.4) is 0 Å². The normalized spacial score (nSPS) is 16.5. The summed E-state index contributed by atoms with van der Waals surface area (Å²) in [4.78, 5) is 12.4. The fraction of sp³-hybridized carbons (Fsp3) is 0.227. The average Bonchev–Trinajstić information content (AvgIpc) is 2.61. The van der Waals surface area contributed by atoms with Crippen LogP contribution in [-0.4, -0.2) is 12.5 Å². The van der Waals surface area contributed by atoms with Crippen molar-refractivity contribution < 1.29 is 13.9 Å². The summed E-state index contributed by atoms with van der Waals surface area (Å²) in [5.74, 6) is -0.400. The third kappa shape index (κ3) is 4.06. The number of allylic oxidation sites excluding steroid dienone is 1. The summed E-state index contributed by atoms with van der Waals surface area (Å²) in [6.45, 7) is 8.01. The molecule has 2 aromatic rings. The predicted molar refractivity (Wildman–Crippen MR) is 108 cm³/mol. The number of fused-ring (bicyclic) bond motifs is 1. The molecule has 5 heteroatoms. The molecule has 0 radical (unpaired) electrons. The number of hydrogen-bond donors (Lipinski definition) is 1. The quantitative estimate of drug-likeness (QED) is 0.529. The first-order chi connectivity index (χ1) is 12.9. The molecule has 1 N–H and O–H groups in total. The van der Waals surface area contributed by atoms with Gasteiger partial charge in [0, 0.05) is 11.3 Å². The zero-order chi connectivity index (χ0) is 19.6. The Labute approximate surface area is 163 Å². The Balaban J connectivity index is 1.88. The van der Waals surface area contributed by atoms with Crippen LogP contribution in [0.15, 0.2) is 48.7 Å². The second-order valence-corrected chi connectivity index (χ2v) is 6.89. The van der Waals surface area contributed by atoms with Crippen LogP contribution < -0.4 is 5.32 Å². The highest BCUT2D eigenvalue weighted by molar-refractivity contribution is 6.32. The molecule has 2 aromatic carbocycles. The van der Waals surface area contributed by atoms with Crippen molar-refractivity contribution in [2.24, 2.45) is 5.92 Å². The standard InChI is InChI=1S/C22H21ClFNO2/c1-4-27-14(3)17-12-16-9-8-15(11-20(16)25-22(17)26)10-13(2)21-18(23)6-5-7-19(21)24/h5-11,17H,3-4,12H2,1-2H3,(H,25,26)/b13-10+. The Kier molecular flexibility index (Phi) is 5.66. The maximum atomic E-state index is 14.1. The van der Waals surface area contributed by atoms with Crippen LogP contribution in [0.1, 0.15) is 30.5 Å². The molecular weight excluding hydrogens is 365 g/mol. The summed E-state index contributed by atoms with van der Waals surface area (Å²) in [5, 5.41) is 3.28. The second kappa shape index (κ2) is 7.97. The number of benzene rings is 2. The molecule has 0 saturated carbocycles. The molecule has 3 rings (SSSR count). The van der Waals surface area contributed by atoms with Gasteiger partial charge in [-0.1, -0.05) is 42.5 Å². The molecule has 140 valence electrons. The van der Waals surface area contributed by atoms with E-state index in [2.05, 4.69) is 11.9 Å². The van der Waals surface area contributed by atoms with Crippen molar-refractivity contribution in [2.75, 3.05) is 11.9 Å².